The van der Waals surface area contributed by atoms with Crippen LogP contribution in [0.25, 0.3) is 43.7 Å². The molecule has 0 spiro atoms. The maximum Gasteiger partial charge on any atom is 0.151 e. The largest absolute Gasteiger partial charge is 0.323 e. The minimum absolute atomic E-state index is 0.859. The Bertz CT molecular complexity index is 1250. The molecular weight excluding hydrogens is 384 g/mol. The van der Waals surface area contributed by atoms with Gasteiger partial charge in [0.05, 0.1) is 16.3 Å². The first-order valence-electron chi connectivity index (χ1n) is 10.2. The van der Waals surface area contributed by atoms with Gasteiger partial charge < -0.3 is 4.57 Å². The molecule has 0 fully saturated rings. The van der Waals surface area contributed by atoms with Gasteiger partial charge in [-0.2, -0.15) is 0 Å². The fraction of sp³-hybridized carbons (Fsp3) is 0.0741. The van der Waals surface area contributed by atoms with Gasteiger partial charge >= 0.3 is 0 Å². The molecule has 146 valence electrons. The van der Waals surface area contributed by atoms with Gasteiger partial charge in [-0.3, -0.25) is 0 Å². The molecule has 0 aliphatic rings. The van der Waals surface area contributed by atoms with E-state index in [0.29, 0.717) is 0 Å². The van der Waals surface area contributed by atoms with Gasteiger partial charge in [-0.25, -0.2) is 4.98 Å². The number of hydrogen-bond donors (Lipinski definition) is 0. The van der Waals surface area contributed by atoms with Crippen LogP contribution in [0.4, 0.5) is 0 Å². The molecule has 2 nitrogen and oxygen atoms in total. The summed E-state index contributed by atoms with van der Waals surface area (Å²) < 4.78 is 2.35. The molecule has 5 aromatic rings. The second-order valence-corrected chi connectivity index (χ2v) is 8.22. The molecular formula is C27H22N2S. The predicted octanol–water partition coefficient (Wildman–Crippen LogP) is 7.63. The summed E-state index contributed by atoms with van der Waals surface area (Å²) in [4.78, 5) is 7.63. The smallest absolute Gasteiger partial charge is 0.151 e. The van der Waals surface area contributed by atoms with Crippen LogP contribution in [0, 0.1) is 0 Å². The van der Waals surface area contributed by atoms with Gasteiger partial charge in [0.25, 0.3) is 0 Å². The summed E-state index contributed by atoms with van der Waals surface area (Å²) in [7, 11) is 0. The van der Waals surface area contributed by atoms with Crippen LogP contribution < -0.4 is 0 Å². The summed E-state index contributed by atoms with van der Waals surface area (Å²) in [6, 6.07) is 36.0. The van der Waals surface area contributed by atoms with Gasteiger partial charge in [0, 0.05) is 22.5 Å². The molecule has 0 saturated heterocycles. The SMILES string of the molecule is CCn1c(-c2ccc(-c3ccccc3)s2)nc(-c2ccccc2)c1-c1ccccc1. The molecule has 0 bridgehead atoms. The highest BCUT2D eigenvalue weighted by Crippen LogP contribution is 2.39. The molecule has 30 heavy (non-hydrogen) atoms. The number of aromatic nitrogens is 2. The number of imidazole rings is 1. The van der Waals surface area contributed by atoms with E-state index in [9.17, 15) is 0 Å². The highest BCUT2D eigenvalue weighted by molar-refractivity contribution is 7.18. The Hall–Kier alpha value is -3.43. The average molecular weight is 407 g/mol. The van der Waals surface area contributed by atoms with Crippen LogP contribution in [0.5, 0.6) is 0 Å². The minimum Gasteiger partial charge on any atom is -0.323 e. The topological polar surface area (TPSA) is 17.8 Å². The van der Waals surface area contributed by atoms with Crippen LogP contribution >= 0.6 is 11.3 Å². The standard InChI is InChI=1S/C27H22N2S/c1-2-29-26(22-16-10-5-11-17-22)25(21-14-8-4-9-15-21)28-27(29)24-19-18-23(30-24)20-12-6-3-7-13-20/h3-19H,2H2,1H3. The Morgan fingerprint density at radius 1 is 0.633 bits per heavy atom. The fourth-order valence-corrected chi connectivity index (χ4v) is 4.86. The van der Waals surface area contributed by atoms with Gasteiger partial charge in [-0.15, -0.1) is 11.3 Å². The van der Waals surface area contributed by atoms with Gasteiger partial charge in [0.15, 0.2) is 5.82 Å². The zero-order valence-corrected chi connectivity index (χ0v) is 17.6. The first-order chi connectivity index (χ1) is 14.8. The van der Waals surface area contributed by atoms with E-state index >= 15 is 0 Å². The van der Waals surface area contributed by atoms with Gasteiger partial charge in [0.1, 0.15) is 0 Å². The monoisotopic (exact) mass is 406 g/mol. The summed E-state index contributed by atoms with van der Waals surface area (Å²) in [5.74, 6) is 1.03. The van der Waals surface area contributed by atoms with Crippen molar-refractivity contribution < 1.29 is 0 Å². The Labute approximate surface area is 181 Å². The van der Waals surface area contributed by atoms with Crippen molar-refractivity contribution in [1.29, 1.82) is 0 Å². The Kier molecular flexibility index (Phi) is 5.04. The molecule has 2 aromatic heterocycles. The van der Waals surface area contributed by atoms with Crippen molar-refractivity contribution in [2.75, 3.05) is 0 Å². The Morgan fingerprint density at radius 2 is 1.17 bits per heavy atom. The quantitative estimate of drug-likeness (QED) is 0.293. The summed E-state index contributed by atoms with van der Waals surface area (Å²) in [6.07, 6.45) is 0. The van der Waals surface area contributed by atoms with Crippen LogP contribution in [0.15, 0.2) is 103 Å². The lowest BCUT2D eigenvalue weighted by molar-refractivity contribution is 0.779. The highest BCUT2D eigenvalue weighted by Gasteiger charge is 2.21. The van der Waals surface area contributed by atoms with Gasteiger partial charge in [-0.05, 0) is 24.6 Å². The number of rotatable bonds is 5. The van der Waals surface area contributed by atoms with Gasteiger partial charge in [0.2, 0.25) is 0 Å². The van der Waals surface area contributed by atoms with E-state index in [0.717, 1.165) is 23.6 Å². The van der Waals surface area contributed by atoms with Crippen LogP contribution in [-0.4, -0.2) is 9.55 Å². The summed E-state index contributed by atoms with van der Waals surface area (Å²) in [5, 5.41) is 0. The second kappa shape index (κ2) is 8.13. The van der Waals surface area contributed by atoms with Crippen molar-refractivity contribution in [3.63, 3.8) is 0 Å². The maximum absolute atomic E-state index is 5.18. The number of benzene rings is 3. The van der Waals surface area contributed by atoms with E-state index in [2.05, 4.69) is 115 Å². The van der Waals surface area contributed by atoms with Crippen LogP contribution in [0.1, 0.15) is 6.92 Å². The molecule has 0 amide bonds. The van der Waals surface area contributed by atoms with Crippen LogP contribution in [0.2, 0.25) is 0 Å². The fourth-order valence-electron chi connectivity index (χ4n) is 3.85. The lowest BCUT2D eigenvalue weighted by Crippen LogP contribution is -1.99. The van der Waals surface area contributed by atoms with E-state index in [-0.39, 0.29) is 0 Å². The van der Waals surface area contributed by atoms with Crippen molar-refractivity contribution in [1.82, 2.24) is 9.55 Å². The molecule has 0 unspecified atom stereocenters. The number of thiophene rings is 1. The van der Waals surface area contributed by atoms with Crippen molar-refractivity contribution in [3.05, 3.63) is 103 Å². The number of hydrogen-bond acceptors (Lipinski definition) is 2. The second-order valence-electron chi connectivity index (χ2n) is 7.14. The zero-order valence-electron chi connectivity index (χ0n) is 16.8. The van der Waals surface area contributed by atoms with Crippen molar-refractivity contribution in [2.24, 2.45) is 0 Å². The molecule has 5 rings (SSSR count). The third-order valence-electron chi connectivity index (χ3n) is 5.26. The van der Waals surface area contributed by atoms with E-state index in [1.165, 1.54) is 26.6 Å². The average Bonchev–Trinajstić information content (AvgIpc) is 3.46. The first-order valence-corrected chi connectivity index (χ1v) is 11.0. The van der Waals surface area contributed by atoms with Gasteiger partial charge in [-0.1, -0.05) is 91.0 Å². The molecule has 0 radical (unpaired) electrons. The van der Waals surface area contributed by atoms with Crippen LogP contribution in [0.3, 0.4) is 0 Å². The number of nitrogens with zero attached hydrogens (tertiary/aromatic N) is 2. The van der Waals surface area contributed by atoms with E-state index in [1.807, 2.05) is 0 Å². The Morgan fingerprint density at radius 3 is 1.77 bits per heavy atom. The molecule has 0 aliphatic heterocycles. The van der Waals surface area contributed by atoms with E-state index in [4.69, 9.17) is 4.98 Å². The zero-order chi connectivity index (χ0) is 20.3. The molecule has 0 atom stereocenters. The maximum atomic E-state index is 5.18. The Balaban J connectivity index is 1.70. The molecule has 0 saturated carbocycles. The first kappa shape index (κ1) is 18.6. The lowest BCUT2D eigenvalue weighted by Gasteiger charge is -2.10. The molecule has 3 aromatic carbocycles. The minimum atomic E-state index is 0.859. The van der Waals surface area contributed by atoms with Crippen molar-refractivity contribution in [2.45, 2.75) is 13.5 Å². The lowest BCUT2D eigenvalue weighted by atomic mass is 10.0. The molecule has 0 aliphatic carbocycles. The summed E-state index contributed by atoms with van der Waals surface area (Å²) in [6.45, 7) is 3.05. The van der Waals surface area contributed by atoms with E-state index in [1.54, 1.807) is 11.3 Å². The molecule has 2 heterocycles. The summed E-state index contributed by atoms with van der Waals surface area (Å²) >= 11 is 1.80. The molecule has 3 heteroatoms. The van der Waals surface area contributed by atoms with Crippen molar-refractivity contribution in [3.8, 4) is 43.7 Å². The third-order valence-corrected chi connectivity index (χ3v) is 6.39. The molecule has 0 N–H and O–H groups in total. The third kappa shape index (κ3) is 3.38. The predicted molar refractivity (Wildman–Crippen MR) is 128 cm³/mol. The highest BCUT2D eigenvalue weighted by atomic mass is 32.1. The normalized spacial score (nSPS) is 11.0. The summed E-state index contributed by atoms with van der Waals surface area (Å²) in [5.41, 5.74) is 5.79. The van der Waals surface area contributed by atoms with E-state index < -0.39 is 0 Å². The van der Waals surface area contributed by atoms with Crippen molar-refractivity contribution >= 4 is 11.3 Å². The van der Waals surface area contributed by atoms with Crippen LogP contribution in [-0.2, 0) is 6.54 Å².